The summed E-state index contributed by atoms with van der Waals surface area (Å²) in [4.78, 5) is 25.7. The first kappa shape index (κ1) is 23.8. The van der Waals surface area contributed by atoms with Gasteiger partial charge in [0.25, 0.3) is 0 Å². The number of alkyl halides is 4. The van der Waals surface area contributed by atoms with Crippen molar-refractivity contribution >= 4 is 11.6 Å². The lowest BCUT2D eigenvalue weighted by Crippen LogP contribution is -2.53. The van der Waals surface area contributed by atoms with Crippen LogP contribution >= 0.6 is 0 Å². The Balaban J connectivity index is 1.77. The van der Waals surface area contributed by atoms with Crippen LogP contribution in [0.1, 0.15) is 45.5 Å². The van der Waals surface area contributed by atoms with Gasteiger partial charge in [0.05, 0.1) is 5.56 Å². The third-order valence-electron chi connectivity index (χ3n) is 6.43. The highest BCUT2D eigenvalue weighted by molar-refractivity contribution is 6.10. The average Bonchev–Trinajstić information content (AvgIpc) is 3.03. The van der Waals surface area contributed by atoms with Crippen LogP contribution in [0.4, 0.5) is 17.6 Å². The summed E-state index contributed by atoms with van der Waals surface area (Å²) in [5, 5.41) is 11.4. The van der Waals surface area contributed by atoms with Crippen molar-refractivity contribution in [2.75, 3.05) is 0 Å². The van der Waals surface area contributed by atoms with Gasteiger partial charge in [-0.2, -0.15) is 13.2 Å². The summed E-state index contributed by atoms with van der Waals surface area (Å²) >= 11 is 0. The van der Waals surface area contributed by atoms with E-state index in [0.29, 0.717) is 5.56 Å². The fourth-order valence-electron chi connectivity index (χ4n) is 4.54. The van der Waals surface area contributed by atoms with Crippen LogP contribution in [-0.4, -0.2) is 27.9 Å². The maximum Gasteiger partial charge on any atom is 0.416 e. The molecule has 0 heterocycles. The van der Waals surface area contributed by atoms with Gasteiger partial charge in [0.2, 0.25) is 5.67 Å². The van der Waals surface area contributed by atoms with E-state index in [-0.39, 0.29) is 29.5 Å². The zero-order chi connectivity index (χ0) is 24.6. The van der Waals surface area contributed by atoms with Crippen LogP contribution < -0.4 is 0 Å². The number of hydrogen-bond acceptors (Lipinski definition) is 3. The van der Waals surface area contributed by atoms with Gasteiger partial charge >= 0.3 is 6.18 Å². The third-order valence-corrected chi connectivity index (χ3v) is 6.43. The Morgan fingerprint density at radius 1 is 0.912 bits per heavy atom. The molecule has 3 nitrogen and oxygen atoms in total. The van der Waals surface area contributed by atoms with Crippen molar-refractivity contribution in [3.05, 3.63) is 107 Å². The summed E-state index contributed by atoms with van der Waals surface area (Å²) in [6.45, 7) is 0. The Bertz CT molecular complexity index is 1210. The Kier molecular flexibility index (Phi) is 6.16. The molecule has 3 aromatic carbocycles. The van der Waals surface area contributed by atoms with Gasteiger partial charge < -0.3 is 5.11 Å². The second-order valence-corrected chi connectivity index (χ2v) is 8.66. The van der Waals surface area contributed by atoms with E-state index in [4.69, 9.17) is 0 Å². The van der Waals surface area contributed by atoms with E-state index in [0.717, 1.165) is 18.2 Å². The number of aliphatic hydroxyl groups is 1. The molecule has 1 aliphatic carbocycles. The molecular formula is C27H22F4O3. The molecule has 3 aromatic rings. The van der Waals surface area contributed by atoms with Crippen LogP contribution in [-0.2, 0) is 23.8 Å². The second-order valence-electron chi connectivity index (χ2n) is 8.66. The maximum atomic E-state index is 16.2. The van der Waals surface area contributed by atoms with E-state index in [1.807, 2.05) is 0 Å². The minimum atomic E-state index is -4.70. The molecule has 0 saturated heterocycles. The van der Waals surface area contributed by atoms with Crippen LogP contribution in [0.5, 0.6) is 0 Å². The van der Waals surface area contributed by atoms with E-state index < -0.39 is 47.4 Å². The van der Waals surface area contributed by atoms with E-state index in [9.17, 15) is 27.9 Å². The molecule has 1 N–H and O–H groups in total. The Morgan fingerprint density at radius 3 is 2.15 bits per heavy atom. The molecule has 2 atom stereocenters. The Hall–Kier alpha value is -3.32. The molecule has 0 unspecified atom stereocenters. The molecule has 1 aliphatic rings. The number of rotatable bonds is 6. The Morgan fingerprint density at radius 2 is 1.53 bits per heavy atom. The summed E-state index contributed by atoms with van der Waals surface area (Å²) in [5.74, 6) is -1.36. The van der Waals surface area contributed by atoms with Gasteiger partial charge in [-0.05, 0) is 29.7 Å². The van der Waals surface area contributed by atoms with Crippen molar-refractivity contribution in [3.63, 3.8) is 0 Å². The highest BCUT2D eigenvalue weighted by Crippen LogP contribution is 2.45. The largest absolute Gasteiger partial charge is 0.416 e. The zero-order valence-corrected chi connectivity index (χ0v) is 18.1. The van der Waals surface area contributed by atoms with Crippen molar-refractivity contribution in [3.8, 4) is 0 Å². The highest BCUT2D eigenvalue weighted by atomic mass is 19.4. The molecule has 4 rings (SSSR count). The lowest BCUT2D eigenvalue weighted by atomic mass is 9.77. The number of halogens is 4. The van der Waals surface area contributed by atoms with Crippen LogP contribution in [0, 0.1) is 0 Å². The molecule has 0 amide bonds. The van der Waals surface area contributed by atoms with Crippen LogP contribution in [0.2, 0.25) is 0 Å². The number of hydrogen-bond donors (Lipinski definition) is 1. The van der Waals surface area contributed by atoms with Crippen molar-refractivity contribution in [1.82, 2.24) is 0 Å². The second kappa shape index (κ2) is 8.80. The minimum Gasteiger partial charge on any atom is -0.386 e. The van der Waals surface area contributed by atoms with Crippen molar-refractivity contribution in [2.45, 2.75) is 43.1 Å². The van der Waals surface area contributed by atoms with Crippen molar-refractivity contribution in [2.24, 2.45) is 0 Å². The molecular weight excluding hydrogens is 448 g/mol. The number of benzene rings is 3. The minimum absolute atomic E-state index is 0.0750. The number of carbonyl (C=O) groups excluding carboxylic acids is 2. The average molecular weight is 470 g/mol. The molecule has 1 saturated carbocycles. The van der Waals surface area contributed by atoms with E-state index in [2.05, 4.69) is 0 Å². The topological polar surface area (TPSA) is 54.4 Å². The quantitative estimate of drug-likeness (QED) is 0.381. The van der Waals surface area contributed by atoms with Crippen LogP contribution in [0.25, 0.3) is 0 Å². The van der Waals surface area contributed by atoms with Crippen molar-refractivity contribution < 1.29 is 32.3 Å². The fourth-order valence-corrected chi connectivity index (χ4v) is 4.54. The summed E-state index contributed by atoms with van der Waals surface area (Å²) in [5.41, 5.74) is -5.50. The first-order valence-electron chi connectivity index (χ1n) is 10.8. The first-order valence-corrected chi connectivity index (χ1v) is 10.8. The molecule has 0 radical (unpaired) electrons. The van der Waals surface area contributed by atoms with Gasteiger partial charge in [-0.1, -0.05) is 66.7 Å². The smallest absolute Gasteiger partial charge is 0.386 e. The summed E-state index contributed by atoms with van der Waals surface area (Å²) in [7, 11) is 0. The van der Waals surface area contributed by atoms with E-state index in [1.54, 1.807) is 48.5 Å². The summed E-state index contributed by atoms with van der Waals surface area (Å²) in [6, 6.07) is 18.9. The van der Waals surface area contributed by atoms with Crippen LogP contribution in [0.15, 0.2) is 78.9 Å². The molecule has 34 heavy (non-hydrogen) atoms. The van der Waals surface area contributed by atoms with Gasteiger partial charge in [-0.25, -0.2) is 4.39 Å². The molecule has 0 aliphatic heterocycles. The van der Waals surface area contributed by atoms with Gasteiger partial charge in [0.15, 0.2) is 11.6 Å². The maximum absolute atomic E-state index is 16.2. The number of Topliss-reactive ketones (excluding diaryl/α,β-unsaturated/α-hetero) is 1. The van der Waals surface area contributed by atoms with Gasteiger partial charge in [-0.15, -0.1) is 0 Å². The summed E-state index contributed by atoms with van der Waals surface area (Å²) in [6.07, 6.45) is -6.23. The fraction of sp³-hybridized carbons (Fsp3) is 0.259. The Labute approximate surface area is 194 Å². The highest BCUT2D eigenvalue weighted by Gasteiger charge is 2.60. The third kappa shape index (κ3) is 4.40. The normalized spacial score (nSPS) is 22.7. The summed E-state index contributed by atoms with van der Waals surface area (Å²) < 4.78 is 56.6. The van der Waals surface area contributed by atoms with Gasteiger partial charge in [0.1, 0.15) is 5.60 Å². The molecule has 176 valence electrons. The van der Waals surface area contributed by atoms with Gasteiger partial charge in [0, 0.05) is 30.4 Å². The number of ketones is 2. The molecule has 0 aromatic heterocycles. The van der Waals surface area contributed by atoms with E-state index in [1.165, 1.54) is 12.1 Å². The SMILES string of the molecule is O=C(c1ccccc1)c1ccc(C(F)(F)F)cc1C[C@]1(O)CCC(=O)[C@@]1(F)Cc1ccccc1. The lowest BCUT2D eigenvalue weighted by molar-refractivity contribution is -0.141. The molecule has 0 spiro atoms. The zero-order valence-electron chi connectivity index (χ0n) is 18.1. The standard InChI is InChI=1S/C27H22F4O3/c28-26(16-18-7-3-1-4-8-18)23(32)13-14-25(26,34)17-20-15-21(27(29,30)31)11-12-22(20)24(33)19-9-5-2-6-10-19/h1-12,15,34H,13-14,16-17H2/t25-,26+/m1/s1. The monoisotopic (exact) mass is 470 g/mol. The lowest BCUT2D eigenvalue weighted by Gasteiger charge is -2.35. The first-order chi connectivity index (χ1) is 16.0. The van der Waals surface area contributed by atoms with Crippen LogP contribution in [0.3, 0.4) is 0 Å². The predicted molar refractivity (Wildman–Crippen MR) is 118 cm³/mol. The van der Waals surface area contributed by atoms with Gasteiger partial charge in [-0.3, -0.25) is 9.59 Å². The number of carbonyl (C=O) groups is 2. The predicted octanol–water partition coefficient (Wildman–Crippen LogP) is 5.52. The van der Waals surface area contributed by atoms with Crippen molar-refractivity contribution in [1.29, 1.82) is 0 Å². The molecule has 1 fully saturated rings. The molecule has 0 bridgehead atoms. The van der Waals surface area contributed by atoms with E-state index >= 15 is 4.39 Å². The molecule has 7 heteroatoms.